The van der Waals surface area contributed by atoms with E-state index in [9.17, 15) is 14.4 Å². The first kappa shape index (κ1) is 25.1. The number of carbonyl (C=O) groups excluding carboxylic acids is 3. The van der Waals surface area contributed by atoms with Gasteiger partial charge in [-0.1, -0.05) is 0 Å². The van der Waals surface area contributed by atoms with Gasteiger partial charge in [0.1, 0.15) is 6.54 Å². The van der Waals surface area contributed by atoms with E-state index in [4.69, 9.17) is 34.9 Å². The van der Waals surface area contributed by atoms with E-state index in [1.165, 1.54) is 0 Å². The highest BCUT2D eigenvalue weighted by Crippen LogP contribution is 2.22. The van der Waals surface area contributed by atoms with Crippen LogP contribution in [0.5, 0.6) is 0 Å². The average Bonchev–Trinajstić information content (AvgIpc) is 3.04. The Kier molecular flexibility index (Phi) is 7.49. The highest BCUT2D eigenvalue weighted by Gasteiger charge is 2.32. The number of hydrogen-bond donors (Lipinski definition) is 2. The Hall–Kier alpha value is -3.55. The Balaban J connectivity index is 0.000000588. The highest BCUT2D eigenvalue weighted by atomic mass is 35.7. The summed E-state index contributed by atoms with van der Waals surface area (Å²) in [5.74, 6) is -1.58. The van der Waals surface area contributed by atoms with Crippen LogP contribution in [0.2, 0.25) is 0 Å². The molecule has 4 rings (SSSR count). The van der Waals surface area contributed by atoms with Crippen LogP contribution < -0.4 is 34.7 Å². The number of carbonyl (C=O) groups is 3. The number of nitrogen functional groups attached to an aromatic ring is 2. The molecule has 0 unspecified atom stereocenters. The number of aromatic nitrogens is 1. The fourth-order valence-electron chi connectivity index (χ4n) is 3.56. The third-order valence-corrected chi connectivity index (χ3v) is 4.96. The lowest BCUT2D eigenvalue weighted by molar-refractivity contribution is -2.00. The Labute approximate surface area is 195 Å². The second-order valence-electron chi connectivity index (χ2n) is 7.46. The zero-order valence-corrected chi connectivity index (χ0v) is 18.5. The van der Waals surface area contributed by atoms with Crippen molar-refractivity contribution in [2.75, 3.05) is 11.5 Å². The first-order chi connectivity index (χ1) is 15.9. The Morgan fingerprint density at radius 1 is 0.912 bits per heavy atom. The number of benzene rings is 2. The standard InChI is InChI=1S/C21H20N4O4.ClHO4/c22-15-5-3-13-10-14-4-6-16(23)12-18(14)24(17(13)11-15)9-1-2-21(28)29-25-19(26)7-8-20(25)27;2-1(3,4)5/h3-6,10-12H,1-2,7-9H2,(H3,22,23);(H,2,3,4,5). The SMILES string of the molecule is Nc1ccc2cc3ccc(N)cc3[n+](CCCC(=O)ON3C(=O)CCC3=O)c2c1.[O-][Cl+3]([O-])([O-])[O-]. The lowest BCUT2D eigenvalue weighted by Crippen LogP contribution is -2.68. The van der Waals surface area contributed by atoms with Crippen molar-refractivity contribution in [3.05, 3.63) is 42.5 Å². The smallest absolute Gasteiger partial charge is 0.333 e. The first-order valence-electron chi connectivity index (χ1n) is 10.0. The van der Waals surface area contributed by atoms with Gasteiger partial charge in [-0.25, -0.2) is 23.4 Å². The molecule has 180 valence electrons. The van der Waals surface area contributed by atoms with Crippen molar-refractivity contribution in [1.29, 1.82) is 0 Å². The van der Waals surface area contributed by atoms with Crippen molar-refractivity contribution >= 4 is 51.0 Å². The molecule has 1 aliphatic rings. The normalized spacial score (nSPS) is 13.8. The van der Waals surface area contributed by atoms with Crippen LogP contribution in [0.1, 0.15) is 25.7 Å². The van der Waals surface area contributed by atoms with E-state index < -0.39 is 28.0 Å². The molecule has 0 atom stereocenters. The third kappa shape index (κ3) is 6.50. The maximum absolute atomic E-state index is 12.1. The summed E-state index contributed by atoms with van der Waals surface area (Å²) in [6.07, 6.45) is 0.670. The molecule has 0 spiro atoms. The van der Waals surface area contributed by atoms with Crippen molar-refractivity contribution in [3.63, 3.8) is 0 Å². The summed E-state index contributed by atoms with van der Waals surface area (Å²) in [6.45, 7) is 0.512. The maximum atomic E-state index is 12.1. The Morgan fingerprint density at radius 2 is 1.38 bits per heavy atom. The van der Waals surface area contributed by atoms with Crippen LogP contribution in [0.15, 0.2) is 42.5 Å². The average molecular weight is 493 g/mol. The molecule has 2 amide bonds. The number of amides is 2. The molecule has 1 saturated heterocycles. The minimum atomic E-state index is -4.94. The lowest BCUT2D eigenvalue weighted by Gasteiger charge is -2.17. The topological polar surface area (TPSA) is 212 Å². The van der Waals surface area contributed by atoms with Crippen LogP contribution in [-0.4, -0.2) is 22.8 Å². The summed E-state index contributed by atoms with van der Waals surface area (Å²) in [7, 11) is -4.94. The highest BCUT2D eigenvalue weighted by molar-refractivity contribution is 6.01. The summed E-state index contributed by atoms with van der Waals surface area (Å²) < 4.78 is 36.0. The van der Waals surface area contributed by atoms with Crippen LogP contribution in [0.4, 0.5) is 11.4 Å². The molecule has 0 aliphatic carbocycles. The van der Waals surface area contributed by atoms with Gasteiger partial charge in [-0.15, -0.1) is 15.3 Å². The maximum Gasteiger partial charge on any atom is 0.333 e. The fraction of sp³-hybridized carbons (Fsp3) is 0.238. The molecule has 1 fully saturated rings. The van der Waals surface area contributed by atoms with Gasteiger partial charge in [-0.05, 0) is 30.3 Å². The minimum Gasteiger partial charge on any atom is -0.399 e. The number of rotatable bonds is 5. The van der Waals surface area contributed by atoms with Crippen molar-refractivity contribution in [2.45, 2.75) is 32.2 Å². The summed E-state index contributed by atoms with van der Waals surface area (Å²) >= 11 is 0. The number of fused-ring (bicyclic) bond motifs is 2. The van der Waals surface area contributed by atoms with Gasteiger partial charge in [-0.3, -0.25) is 9.59 Å². The van der Waals surface area contributed by atoms with E-state index in [-0.39, 0.29) is 19.3 Å². The summed E-state index contributed by atoms with van der Waals surface area (Å²) in [5.41, 5.74) is 15.1. The van der Waals surface area contributed by atoms with E-state index in [0.29, 0.717) is 29.4 Å². The van der Waals surface area contributed by atoms with Crippen molar-refractivity contribution in [3.8, 4) is 0 Å². The van der Waals surface area contributed by atoms with Gasteiger partial charge in [0, 0.05) is 53.5 Å². The lowest BCUT2D eigenvalue weighted by atomic mass is 10.1. The molecular weight excluding hydrogens is 472 g/mol. The minimum absolute atomic E-state index is 0.0621. The Bertz CT molecular complexity index is 1180. The number of imide groups is 1. The van der Waals surface area contributed by atoms with Crippen LogP contribution in [0, 0.1) is 10.2 Å². The molecule has 1 aliphatic heterocycles. The second kappa shape index (κ2) is 10.2. The van der Waals surface area contributed by atoms with Crippen LogP contribution >= 0.6 is 0 Å². The first-order valence-corrected chi connectivity index (χ1v) is 11.3. The largest absolute Gasteiger partial charge is 0.399 e. The van der Waals surface area contributed by atoms with Crippen molar-refractivity contribution in [1.82, 2.24) is 5.06 Å². The molecule has 13 heteroatoms. The fourth-order valence-corrected chi connectivity index (χ4v) is 3.56. The van der Waals surface area contributed by atoms with Crippen molar-refractivity contribution in [2.24, 2.45) is 0 Å². The molecule has 1 aromatic heterocycles. The molecule has 2 aromatic carbocycles. The molecule has 3 aromatic rings. The number of nitrogens with zero attached hydrogens (tertiary/aromatic N) is 2. The Morgan fingerprint density at radius 3 is 1.85 bits per heavy atom. The van der Waals surface area contributed by atoms with Crippen LogP contribution in [0.25, 0.3) is 21.8 Å². The molecule has 0 bridgehead atoms. The zero-order chi connectivity index (χ0) is 25.0. The summed E-state index contributed by atoms with van der Waals surface area (Å²) in [5, 5.41) is 2.61. The number of anilines is 2. The molecular formula is C21H21ClN4O8. The predicted octanol–water partition coefficient (Wildman–Crippen LogP) is -2.92. The monoisotopic (exact) mass is 492 g/mol. The zero-order valence-electron chi connectivity index (χ0n) is 17.8. The second-order valence-corrected chi connectivity index (χ2v) is 8.22. The molecule has 0 radical (unpaired) electrons. The number of hydrogen-bond acceptors (Lipinski definition) is 10. The van der Waals surface area contributed by atoms with Gasteiger partial charge in [0.05, 0.1) is 6.42 Å². The van der Waals surface area contributed by atoms with Gasteiger partial charge in [0.15, 0.2) is 0 Å². The summed E-state index contributed by atoms with van der Waals surface area (Å²) in [6, 6.07) is 13.4. The van der Waals surface area contributed by atoms with E-state index in [0.717, 1.165) is 21.8 Å². The molecule has 4 N–H and O–H groups in total. The third-order valence-electron chi connectivity index (χ3n) is 4.96. The number of halogens is 1. The summed E-state index contributed by atoms with van der Waals surface area (Å²) in [4.78, 5) is 40.2. The van der Waals surface area contributed by atoms with Gasteiger partial charge in [-0.2, -0.15) is 4.57 Å². The molecule has 12 nitrogen and oxygen atoms in total. The quantitative estimate of drug-likeness (QED) is 0.160. The van der Waals surface area contributed by atoms with E-state index in [1.807, 2.05) is 36.4 Å². The molecule has 0 saturated carbocycles. The van der Waals surface area contributed by atoms with Gasteiger partial charge in [0.25, 0.3) is 11.8 Å². The van der Waals surface area contributed by atoms with Gasteiger partial charge >= 0.3 is 5.97 Å². The van der Waals surface area contributed by atoms with Crippen LogP contribution in [0.3, 0.4) is 0 Å². The van der Waals surface area contributed by atoms with Gasteiger partial charge in [0.2, 0.25) is 11.0 Å². The van der Waals surface area contributed by atoms with E-state index in [1.54, 1.807) is 0 Å². The van der Waals surface area contributed by atoms with Crippen LogP contribution in [-0.2, 0) is 25.8 Å². The molecule has 34 heavy (non-hydrogen) atoms. The van der Waals surface area contributed by atoms with E-state index >= 15 is 0 Å². The predicted molar refractivity (Wildman–Crippen MR) is 107 cm³/mol. The number of aryl methyl sites for hydroxylation is 1. The van der Waals surface area contributed by atoms with Gasteiger partial charge < -0.3 is 16.3 Å². The number of nitrogens with two attached hydrogens (primary N) is 2. The van der Waals surface area contributed by atoms with Crippen molar-refractivity contribution < 1.29 is 52.7 Å². The number of hydroxylamine groups is 2. The molecule has 2 heterocycles. The van der Waals surface area contributed by atoms with E-state index in [2.05, 4.69) is 10.6 Å². The number of pyridine rings is 1.